The number of hydrogen-bond donors (Lipinski definition) is 1. The summed E-state index contributed by atoms with van der Waals surface area (Å²) in [5.41, 5.74) is -0.756. The van der Waals surface area contributed by atoms with E-state index >= 15 is 0 Å². The molecule has 0 atom stereocenters. The van der Waals surface area contributed by atoms with Gasteiger partial charge in [-0.15, -0.1) is 0 Å². The minimum atomic E-state index is -4.48. The molecule has 74 valence electrons. The summed E-state index contributed by atoms with van der Waals surface area (Å²) >= 11 is 5.50. The van der Waals surface area contributed by atoms with Gasteiger partial charge in [0.25, 0.3) is 0 Å². The minimum absolute atomic E-state index is 0.0816. The molecule has 0 radical (unpaired) electrons. The molecule has 0 aromatic carbocycles. The Hall–Kier alpha value is -1.30. The highest BCUT2D eigenvalue weighted by atomic mass is 35.5. The molecule has 0 saturated carbocycles. The number of hydrogen-bond acceptors (Lipinski definition) is 2. The minimum Gasteiger partial charge on any atom is -0.277 e. The van der Waals surface area contributed by atoms with Crippen molar-refractivity contribution in [3.63, 3.8) is 0 Å². The maximum absolute atomic E-state index is 12.3. The van der Waals surface area contributed by atoms with Crippen LogP contribution in [0.2, 0.25) is 5.15 Å². The number of alkyl halides is 3. The zero-order chi connectivity index (χ0) is 10.3. The Bertz CT molecular complexity index is 476. The van der Waals surface area contributed by atoms with Gasteiger partial charge in [0.2, 0.25) is 0 Å². The number of nitrogens with zero attached hydrogens (tertiary/aromatic N) is 2. The van der Waals surface area contributed by atoms with Crippen LogP contribution in [0, 0.1) is 0 Å². The first kappa shape index (κ1) is 9.26. The predicted octanol–water partition coefficient (Wildman–Crippen LogP) is 2.63. The van der Waals surface area contributed by atoms with Gasteiger partial charge < -0.3 is 0 Å². The summed E-state index contributed by atoms with van der Waals surface area (Å²) in [6, 6.07) is 1.29. The number of aromatic nitrogens is 3. The Labute approximate surface area is 80.9 Å². The number of rotatable bonds is 0. The molecule has 1 N–H and O–H groups in total. The van der Waals surface area contributed by atoms with E-state index in [4.69, 9.17) is 11.6 Å². The summed E-state index contributed by atoms with van der Waals surface area (Å²) < 4.78 is 36.9. The first-order valence-electron chi connectivity index (χ1n) is 3.55. The molecule has 0 aliphatic rings. The average Bonchev–Trinajstić information content (AvgIpc) is 2.45. The van der Waals surface area contributed by atoms with Crippen LogP contribution in [-0.2, 0) is 6.18 Å². The quantitative estimate of drug-likeness (QED) is 0.695. The summed E-state index contributed by atoms with van der Waals surface area (Å²) in [5.74, 6) is 0. The number of H-pyrrole nitrogens is 1. The maximum atomic E-state index is 12.3. The maximum Gasteiger partial charge on any atom is 0.435 e. The Balaban J connectivity index is 2.70. The topological polar surface area (TPSA) is 41.6 Å². The van der Waals surface area contributed by atoms with Gasteiger partial charge in [0, 0.05) is 12.3 Å². The fourth-order valence-electron chi connectivity index (χ4n) is 1.10. The van der Waals surface area contributed by atoms with E-state index in [0.717, 1.165) is 6.20 Å². The molecular formula is C7H3ClF3N3. The van der Waals surface area contributed by atoms with Gasteiger partial charge in [-0.2, -0.15) is 18.3 Å². The first-order valence-corrected chi connectivity index (χ1v) is 3.93. The molecule has 2 heterocycles. The lowest BCUT2D eigenvalue weighted by Gasteiger charge is -2.01. The molecular weight excluding hydrogens is 219 g/mol. The molecule has 0 amide bonds. The standard InChI is InChI=1S/C7H3ClF3N3/c8-5-1-4-3(2-12-5)6(14-13-4)7(9,10)11/h1-2H,(H,13,14). The molecule has 7 heteroatoms. The van der Waals surface area contributed by atoms with Crippen molar-refractivity contribution in [1.82, 2.24) is 15.2 Å². The van der Waals surface area contributed by atoms with Crippen LogP contribution in [0.5, 0.6) is 0 Å². The summed E-state index contributed by atoms with van der Waals surface area (Å²) in [5, 5.41) is 5.44. The van der Waals surface area contributed by atoms with E-state index in [1.807, 2.05) is 0 Å². The van der Waals surface area contributed by atoms with Crippen molar-refractivity contribution < 1.29 is 13.2 Å². The molecule has 2 aromatic heterocycles. The zero-order valence-corrected chi connectivity index (χ0v) is 7.32. The molecule has 14 heavy (non-hydrogen) atoms. The molecule has 2 rings (SSSR count). The molecule has 0 aliphatic heterocycles. The largest absolute Gasteiger partial charge is 0.435 e. The summed E-state index contributed by atoms with van der Waals surface area (Å²) in [4.78, 5) is 3.56. The SMILES string of the molecule is FC(F)(F)c1n[nH]c2cc(Cl)ncc12. The second-order valence-corrected chi connectivity index (χ2v) is 3.01. The van der Waals surface area contributed by atoms with Gasteiger partial charge in [0.1, 0.15) is 5.15 Å². The van der Waals surface area contributed by atoms with Crippen LogP contribution in [0.1, 0.15) is 5.69 Å². The van der Waals surface area contributed by atoms with Crippen molar-refractivity contribution >= 4 is 22.5 Å². The van der Waals surface area contributed by atoms with Gasteiger partial charge in [-0.3, -0.25) is 5.10 Å². The molecule has 0 spiro atoms. The van der Waals surface area contributed by atoms with Gasteiger partial charge >= 0.3 is 6.18 Å². The third kappa shape index (κ3) is 1.41. The molecule has 0 saturated heterocycles. The number of pyridine rings is 1. The van der Waals surface area contributed by atoms with E-state index < -0.39 is 11.9 Å². The van der Waals surface area contributed by atoms with Crippen molar-refractivity contribution in [3.8, 4) is 0 Å². The monoisotopic (exact) mass is 221 g/mol. The fraction of sp³-hybridized carbons (Fsp3) is 0.143. The number of fused-ring (bicyclic) bond motifs is 1. The number of halogens is 4. The fourth-order valence-corrected chi connectivity index (χ4v) is 1.26. The zero-order valence-electron chi connectivity index (χ0n) is 6.56. The summed E-state index contributed by atoms with van der Waals surface area (Å²) in [6.45, 7) is 0. The van der Waals surface area contributed by atoms with Crippen LogP contribution < -0.4 is 0 Å². The van der Waals surface area contributed by atoms with Crippen molar-refractivity contribution in [2.45, 2.75) is 6.18 Å². The van der Waals surface area contributed by atoms with Gasteiger partial charge in [0.05, 0.1) is 10.9 Å². The van der Waals surface area contributed by atoms with Crippen molar-refractivity contribution in [2.24, 2.45) is 0 Å². The van der Waals surface area contributed by atoms with Crippen LogP contribution in [0.15, 0.2) is 12.3 Å². The van der Waals surface area contributed by atoms with E-state index in [1.165, 1.54) is 6.07 Å². The number of nitrogens with one attached hydrogen (secondary N) is 1. The number of aromatic amines is 1. The molecule has 0 fully saturated rings. The van der Waals surface area contributed by atoms with Crippen LogP contribution in [0.4, 0.5) is 13.2 Å². The summed E-state index contributed by atoms with van der Waals surface area (Å²) in [6.07, 6.45) is -3.43. The molecule has 0 aliphatic carbocycles. The van der Waals surface area contributed by atoms with Crippen molar-refractivity contribution in [2.75, 3.05) is 0 Å². The van der Waals surface area contributed by atoms with Crippen LogP contribution >= 0.6 is 11.6 Å². The highest BCUT2D eigenvalue weighted by Crippen LogP contribution is 2.32. The molecule has 3 nitrogen and oxygen atoms in total. The first-order chi connectivity index (χ1) is 6.48. The van der Waals surface area contributed by atoms with Crippen LogP contribution in [-0.4, -0.2) is 15.2 Å². The normalized spacial score (nSPS) is 12.3. The smallest absolute Gasteiger partial charge is 0.277 e. The van der Waals surface area contributed by atoms with Gasteiger partial charge in [-0.05, 0) is 0 Å². The lowest BCUT2D eigenvalue weighted by atomic mass is 10.2. The van der Waals surface area contributed by atoms with Crippen molar-refractivity contribution in [1.29, 1.82) is 0 Å². The van der Waals surface area contributed by atoms with E-state index in [2.05, 4.69) is 15.2 Å². The Kier molecular flexibility index (Phi) is 1.88. The second-order valence-electron chi connectivity index (χ2n) is 2.62. The summed E-state index contributed by atoms with van der Waals surface area (Å²) in [7, 11) is 0. The van der Waals surface area contributed by atoms with Crippen LogP contribution in [0.25, 0.3) is 10.9 Å². The lowest BCUT2D eigenvalue weighted by molar-refractivity contribution is -0.139. The van der Waals surface area contributed by atoms with Gasteiger partial charge in [0.15, 0.2) is 5.69 Å². The third-order valence-electron chi connectivity index (χ3n) is 1.68. The van der Waals surface area contributed by atoms with E-state index in [-0.39, 0.29) is 16.1 Å². The molecule has 2 aromatic rings. The Morgan fingerprint density at radius 1 is 1.36 bits per heavy atom. The van der Waals surface area contributed by atoms with Crippen molar-refractivity contribution in [3.05, 3.63) is 23.1 Å². The average molecular weight is 222 g/mol. The van der Waals surface area contributed by atoms with Crippen LogP contribution in [0.3, 0.4) is 0 Å². The molecule has 0 unspecified atom stereocenters. The Morgan fingerprint density at radius 3 is 2.71 bits per heavy atom. The van der Waals surface area contributed by atoms with Gasteiger partial charge in [-0.25, -0.2) is 4.98 Å². The third-order valence-corrected chi connectivity index (χ3v) is 1.89. The molecule has 0 bridgehead atoms. The van der Waals surface area contributed by atoms with Gasteiger partial charge in [-0.1, -0.05) is 11.6 Å². The lowest BCUT2D eigenvalue weighted by Crippen LogP contribution is -2.05. The highest BCUT2D eigenvalue weighted by molar-refractivity contribution is 6.30. The van der Waals surface area contributed by atoms with E-state index in [1.54, 1.807) is 0 Å². The van der Waals surface area contributed by atoms with E-state index in [9.17, 15) is 13.2 Å². The second kappa shape index (κ2) is 2.84. The predicted molar refractivity (Wildman–Crippen MR) is 43.9 cm³/mol. The highest BCUT2D eigenvalue weighted by Gasteiger charge is 2.35. The Morgan fingerprint density at radius 2 is 2.07 bits per heavy atom. The van der Waals surface area contributed by atoms with E-state index in [0.29, 0.717) is 0 Å².